The lowest BCUT2D eigenvalue weighted by atomic mass is 10.2. The first-order chi connectivity index (χ1) is 8.60. The van der Waals surface area contributed by atoms with E-state index in [-0.39, 0.29) is 5.56 Å². The molecule has 0 aliphatic rings. The van der Waals surface area contributed by atoms with E-state index in [9.17, 15) is 9.18 Å². The van der Waals surface area contributed by atoms with Crippen LogP contribution in [0.4, 0.5) is 15.2 Å². The van der Waals surface area contributed by atoms with Crippen LogP contribution in [0.1, 0.15) is 23.1 Å². The molecule has 0 radical (unpaired) electrons. The first-order valence-corrected chi connectivity index (χ1v) is 6.00. The van der Waals surface area contributed by atoms with E-state index in [0.717, 1.165) is 12.5 Å². The first-order valence-electron chi connectivity index (χ1n) is 5.22. The third-order valence-corrected chi connectivity index (χ3v) is 2.90. The molecule has 2 aromatic rings. The van der Waals surface area contributed by atoms with Crippen molar-refractivity contribution in [1.29, 1.82) is 0 Å². The Labute approximate surface area is 106 Å². The summed E-state index contributed by atoms with van der Waals surface area (Å²) in [4.78, 5) is 14.8. The van der Waals surface area contributed by atoms with Gasteiger partial charge in [-0.15, -0.1) is 0 Å². The van der Waals surface area contributed by atoms with Crippen molar-refractivity contribution in [2.75, 3.05) is 5.32 Å². The Morgan fingerprint density at radius 2 is 2.33 bits per heavy atom. The number of aryl methyl sites for hydroxylation is 1. The first kappa shape index (κ1) is 12.4. The summed E-state index contributed by atoms with van der Waals surface area (Å²) in [5.74, 6) is -1.36. The van der Waals surface area contributed by atoms with Gasteiger partial charge in [0.1, 0.15) is 11.6 Å². The number of nitrogens with one attached hydrogen (secondary N) is 1. The Bertz CT molecular complexity index is 585. The molecule has 0 spiro atoms. The zero-order chi connectivity index (χ0) is 13.1. The molecule has 18 heavy (non-hydrogen) atoms. The third kappa shape index (κ3) is 2.62. The number of hydrogen-bond donors (Lipinski definition) is 2. The van der Waals surface area contributed by atoms with Crippen LogP contribution in [0, 0.1) is 5.82 Å². The van der Waals surface area contributed by atoms with Crippen LogP contribution >= 0.6 is 11.5 Å². The zero-order valence-electron chi connectivity index (χ0n) is 9.48. The lowest BCUT2D eigenvalue weighted by molar-refractivity contribution is 0.0692. The molecule has 1 heterocycles. The lowest BCUT2D eigenvalue weighted by Crippen LogP contribution is -2.01. The van der Waals surface area contributed by atoms with Gasteiger partial charge < -0.3 is 10.4 Å². The number of carboxylic acids is 1. The highest BCUT2D eigenvalue weighted by Gasteiger charge is 2.11. The maximum Gasteiger partial charge on any atom is 0.338 e. The Morgan fingerprint density at radius 3 is 2.89 bits per heavy atom. The highest BCUT2D eigenvalue weighted by Crippen LogP contribution is 2.21. The fourth-order valence-corrected chi connectivity index (χ4v) is 2.01. The minimum Gasteiger partial charge on any atom is -0.478 e. The average Bonchev–Trinajstić information content (AvgIpc) is 2.76. The Balaban J connectivity index is 2.19. The molecule has 0 bridgehead atoms. The second-order valence-corrected chi connectivity index (χ2v) is 4.25. The second-order valence-electron chi connectivity index (χ2n) is 3.49. The van der Waals surface area contributed by atoms with E-state index in [2.05, 4.69) is 14.7 Å². The van der Waals surface area contributed by atoms with Gasteiger partial charge in [-0.05, 0) is 18.2 Å². The Hall–Kier alpha value is -2.02. The fraction of sp³-hybridized carbons (Fsp3) is 0.182. The number of rotatable bonds is 4. The molecule has 0 saturated carbocycles. The summed E-state index contributed by atoms with van der Waals surface area (Å²) in [5, 5.41) is 12.1. The molecular formula is C11H10FN3O2S. The molecule has 0 atom stereocenters. The van der Waals surface area contributed by atoms with Gasteiger partial charge in [0.05, 0.1) is 5.56 Å². The summed E-state index contributed by atoms with van der Waals surface area (Å²) in [5.41, 5.74) is 0.0864. The van der Waals surface area contributed by atoms with Gasteiger partial charge in [-0.1, -0.05) is 6.92 Å². The molecule has 2 N–H and O–H groups in total. The fourth-order valence-electron chi connectivity index (χ4n) is 1.34. The van der Waals surface area contributed by atoms with Crippen molar-refractivity contribution in [2.45, 2.75) is 13.3 Å². The van der Waals surface area contributed by atoms with E-state index in [4.69, 9.17) is 5.11 Å². The summed E-state index contributed by atoms with van der Waals surface area (Å²) in [7, 11) is 0. The third-order valence-electron chi connectivity index (χ3n) is 2.24. The van der Waals surface area contributed by atoms with Gasteiger partial charge in [0, 0.05) is 23.6 Å². The zero-order valence-corrected chi connectivity index (χ0v) is 10.3. The van der Waals surface area contributed by atoms with Crippen LogP contribution in [0.15, 0.2) is 18.2 Å². The number of carbonyl (C=O) groups is 1. The standard InChI is InChI=1S/C11H10FN3O2S/c1-2-9-14-11(18-15-9)13-6-3-4-7(10(16)17)8(12)5-6/h3-5H,2H2,1H3,(H,16,17)(H,13,14,15). The predicted octanol–water partition coefficient (Wildman–Crippen LogP) is 2.68. The summed E-state index contributed by atoms with van der Waals surface area (Å²) in [6, 6.07) is 3.82. The lowest BCUT2D eigenvalue weighted by Gasteiger charge is -2.03. The topological polar surface area (TPSA) is 75.1 Å². The van der Waals surface area contributed by atoms with Gasteiger partial charge in [0.2, 0.25) is 5.13 Å². The van der Waals surface area contributed by atoms with Gasteiger partial charge in [0.25, 0.3) is 0 Å². The molecule has 1 aromatic carbocycles. The number of nitrogens with zero attached hydrogens (tertiary/aromatic N) is 2. The van der Waals surface area contributed by atoms with Gasteiger partial charge >= 0.3 is 5.97 Å². The van der Waals surface area contributed by atoms with E-state index in [1.807, 2.05) is 6.92 Å². The van der Waals surface area contributed by atoms with Crippen molar-refractivity contribution in [2.24, 2.45) is 0 Å². The van der Waals surface area contributed by atoms with Gasteiger partial charge in [-0.2, -0.15) is 4.37 Å². The van der Waals surface area contributed by atoms with Gasteiger partial charge in [-0.25, -0.2) is 14.2 Å². The SMILES string of the molecule is CCc1nsc(Nc2ccc(C(=O)O)c(F)c2)n1. The van der Waals surface area contributed by atoms with Crippen molar-refractivity contribution in [1.82, 2.24) is 9.36 Å². The minimum atomic E-state index is -1.29. The predicted molar refractivity (Wildman–Crippen MR) is 65.9 cm³/mol. The van der Waals surface area contributed by atoms with Crippen molar-refractivity contribution < 1.29 is 14.3 Å². The highest BCUT2D eigenvalue weighted by atomic mass is 32.1. The molecule has 94 valence electrons. The molecule has 5 nitrogen and oxygen atoms in total. The van der Waals surface area contributed by atoms with Crippen molar-refractivity contribution in [3.05, 3.63) is 35.4 Å². The quantitative estimate of drug-likeness (QED) is 0.890. The number of aromatic carboxylic acids is 1. The minimum absolute atomic E-state index is 0.355. The smallest absolute Gasteiger partial charge is 0.338 e. The van der Waals surface area contributed by atoms with Crippen LogP contribution in [0.5, 0.6) is 0 Å². The van der Waals surface area contributed by atoms with Crippen LogP contribution in [-0.2, 0) is 6.42 Å². The second kappa shape index (κ2) is 5.09. The monoisotopic (exact) mass is 267 g/mol. The molecule has 2 rings (SSSR count). The van der Waals surface area contributed by atoms with E-state index >= 15 is 0 Å². The summed E-state index contributed by atoms with van der Waals surface area (Å²) in [6.07, 6.45) is 0.727. The molecule has 0 unspecified atom stereocenters. The number of halogens is 1. The van der Waals surface area contributed by atoms with E-state index in [0.29, 0.717) is 16.6 Å². The van der Waals surface area contributed by atoms with Gasteiger partial charge in [-0.3, -0.25) is 0 Å². The molecular weight excluding hydrogens is 257 g/mol. The van der Waals surface area contributed by atoms with Crippen molar-refractivity contribution >= 4 is 28.3 Å². The highest BCUT2D eigenvalue weighted by molar-refractivity contribution is 7.09. The summed E-state index contributed by atoms with van der Waals surface area (Å²) in [6.45, 7) is 1.94. The number of aromatic nitrogens is 2. The summed E-state index contributed by atoms with van der Waals surface area (Å²) < 4.78 is 17.5. The average molecular weight is 267 g/mol. The van der Waals surface area contributed by atoms with E-state index in [1.54, 1.807) is 0 Å². The maximum absolute atomic E-state index is 13.4. The summed E-state index contributed by atoms with van der Waals surface area (Å²) >= 11 is 1.17. The van der Waals surface area contributed by atoms with E-state index < -0.39 is 11.8 Å². The molecule has 0 aliphatic heterocycles. The van der Waals surface area contributed by atoms with Crippen molar-refractivity contribution in [3.8, 4) is 0 Å². The molecule has 1 aromatic heterocycles. The van der Waals surface area contributed by atoms with Gasteiger partial charge in [0.15, 0.2) is 0 Å². The molecule has 0 fully saturated rings. The molecule has 0 aliphatic carbocycles. The van der Waals surface area contributed by atoms with E-state index in [1.165, 1.54) is 23.7 Å². The Morgan fingerprint density at radius 1 is 1.56 bits per heavy atom. The largest absolute Gasteiger partial charge is 0.478 e. The number of benzene rings is 1. The number of hydrogen-bond acceptors (Lipinski definition) is 5. The maximum atomic E-state index is 13.4. The normalized spacial score (nSPS) is 10.3. The molecule has 0 saturated heterocycles. The molecule has 0 amide bonds. The van der Waals surface area contributed by atoms with Crippen LogP contribution in [0.3, 0.4) is 0 Å². The van der Waals surface area contributed by atoms with Crippen LogP contribution < -0.4 is 5.32 Å². The molecule has 7 heteroatoms. The number of anilines is 2. The Kier molecular flexibility index (Phi) is 3.52. The van der Waals surface area contributed by atoms with Crippen LogP contribution in [0.25, 0.3) is 0 Å². The number of carboxylic acid groups (broad SMARTS) is 1. The van der Waals surface area contributed by atoms with Crippen LogP contribution in [-0.4, -0.2) is 20.4 Å². The van der Waals surface area contributed by atoms with Crippen LogP contribution in [0.2, 0.25) is 0 Å². The van der Waals surface area contributed by atoms with Crippen molar-refractivity contribution in [3.63, 3.8) is 0 Å².